The topological polar surface area (TPSA) is 85.6 Å². The van der Waals surface area contributed by atoms with Gasteiger partial charge in [0.05, 0.1) is 10.9 Å². The molecule has 0 aliphatic carbocycles. The van der Waals surface area contributed by atoms with E-state index in [1.54, 1.807) is 41.2 Å². The van der Waals surface area contributed by atoms with Gasteiger partial charge in [0.2, 0.25) is 5.95 Å². The monoisotopic (exact) mass is 454 g/mol. The highest BCUT2D eigenvalue weighted by atomic mass is 32.2. The highest BCUT2D eigenvalue weighted by Gasteiger charge is 2.24. The van der Waals surface area contributed by atoms with Gasteiger partial charge in [0, 0.05) is 30.3 Å². The Labute approximate surface area is 190 Å². The van der Waals surface area contributed by atoms with Gasteiger partial charge < -0.3 is 0 Å². The minimum Gasteiger partial charge on any atom is -0.273 e. The molecule has 0 spiro atoms. The van der Waals surface area contributed by atoms with Crippen LogP contribution in [0.15, 0.2) is 49.8 Å². The lowest BCUT2D eigenvalue weighted by Crippen LogP contribution is -2.23. The van der Waals surface area contributed by atoms with Crippen LogP contribution < -0.4 is 4.72 Å². The Morgan fingerprint density at radius 3 is 2.59 bits per heavy atom. The maximum atomic E-state index is 15.0. The Morgan fingerprint density at radius 1 is 1.22 bits per heavy atom. The van der Waals surface area contributed by atoms with Gasteiger partial charge >= 0.3 is 0 Å². The van der Waals surface area contributed by atoms with Crippen LogP contribution in [-0.2, 0) is 17.4 Å². The fourth-order valence-corrected chi connectivity index (χ4v) is 4.05. The van der Waals surface area contributed by atoms with E-state index in [2.05, 4.69) is 38.0 Å². The molecule has 3 atom stereocenters. The fourth-order valence-electron chi connectivity index (χ4n) is 3.24. The zero-order valence-electron chi connectivity index (χ0n) is 18.5. The third-order valence-corrected chi connectivity index (χ3v) is 6.25. The minimum absolute atomic E-state index is 0.0837. The number of nitrogens with zero attached hydrogens (tertiary/aromatic N) is 5. The standard InChI is InChI=1S/C23H27FN6OS/c1-6-9-16(4)22-27-28-23(30(22)21-18(7-2)10-8-11-19(21)24)29-32(31)17(5)12-20-25-13-15(3)14-26-20/h6-8,10-11,13-14,16-17H,1-2,9,12H2,3-5H3,(H,28,29). The zero-order valence-corrected chi connectivity index (χ0v) is 19.3. The highest BCUT2D eigenvalue weighted by Crippen LogP contribution is 2.29. The maximum Gasteiger partial charge on any atom is 0.241 e. The van der Waals surface area contributed by atoms with E-state index in [9.17, 15) is 8.60 Å². The molecule has 0 radical (unpaired) electrons. The number of benzene rings is 1. The van der Waals surface area contributed by atoms with Crippen molar-refractivity contribution in [3.8, 4) is 5.69 Å². The molecule has 1 N–H and O–H groups in total. The van der Waals surface area contributed by atoms with E-state index in [-0.39, 0.29) is 22.8 Å². The normalized spacial score (nSPS) is 13.9. The van der Waals surface area contributed by atoms with Crippen LogP contribution in [0.25, 0.3) is 11.8 Å². The molecule has 7 nitrogen and oxygen atoms in total. The van der Waals surface area contributed by atoms with Gasteiger partial charge in [-0.1, -0.05) is 37.8 Å². The maximum absolute atomic E-state index is 15.0. The third kappa shape index (κ3) is 5.16. The van der Waals surface area contributed by atoms with Gasteiger partial charge in [0.1, 0.15) is 28.5 Å². The lowest BCUT2D eigenvalue weighted by Gasteiger charge is -2.18. The molecule has 2 aromatic heterocycles. The van der Waals surface area contributed by atoms with Gasteiger partial charge in [-0.3, -0.25) is 9.29 Å². The van der Waals surface area contributed by atoms with Crippen LogP contribution >= 0.6 is 0 Å². The van der Waals surface area contributed by atoms with E-state index in [0.29, 0.717) is 30.1 Å². The van der Waals surface area contributed by atoms with Crippen molar-refractivity contribution in [1.29, 1.82) is 0 Å². The second kappa shape index (κ2) is 10.4. The Kier molecular flexibility index (Phi) is 7.63. The molecule has 0 fully saturated rings. The van der Waals surface area contributed by atoms with Crippen molar-refractivity contribution < 1.29 is 8.60 Å². The summed E-state index contributed by atoms with van der Waals surface area (Å²) in [7, 11) is -1.55. The van der Waals surface area contributed by atoms with Crippen molar-refractivity contribution in [2.45, 2.75) is 44.8 Å². The summed E-state index contributed by atoms with van der Waals surface area (Å²) >= 11 is 0. The van der Waals surface area contributed by atoms with E-state index in [1.807, 2.05) is 20.8 Å². The first-order chi connectivity index (χ1) is 15.3. The van der Waals surface area contributed by atoms with Crippen LogP contribution in [-0.4, -0.2) is 34.2 Å². The molecular weight excluding hydrogens is 427 g/mol. The molecule has 3 rings (SSSR count). The number of halogens is 1. The lowest BCUT2D eigenvalue weighted by molar-refractivity contribution is 0.608. The van der Waals surface area contributed by atoms with Crippen molar-refractivity contribution in [2.75, 3.05) is 4.72 Å². The number of aromatic nitrogens is 5. The van der Waals surface area contributed by atoms with Crippen molar-refractivity contribution in [2.24, 2.45) is 0 Å². The van der Waals surface area contributed by atoms with Crippen LogP contribution in [0.5, 0.6) is 0 Å². The van der Waals surface area contributed by atoms with Gasteiger partial charge in [0.25, 0.3) is 0 Å². The Hall–Kier alpha value is -3.20. The minimum atomic E-state index is -1.55. The largest absolute Gasteiger partial charge is 0.273 e. The number of hydrogen-bond donors (Lipinski definition) is 1. The van der Waals surface area contributed by atoms with Gasteiger partial charge in [-0.2, -0.15) is 0 Å². The summed E-state index contributed by atoms with van der Waals surface area (Å²) in [6, 6.07) is 4.73. The molecule has 9 heteroatoms. The smallest absolute Gasteiger partial charge is 0.241 e. The molecule has 3 unspecified atom stereocenters. The van der Waals surface area contributed by atoms with Gasteiger partial charge in [0.15, 0.2) is 0 Å². The van der Waals surface area contributed by atoms with Gasteiger partial charge in [-0.25, -0.2) is 18.6 Å². The van der Waals surface area contributed by atoms with Gasteiger partial charge in [-0.05, 0) is 31.9 Å². The van der Waals surface area contributed by atoms with Crippen LogP contribution in [0.4, 0.5) is 10.3 Å². The summed E-state index contributed by atoms with van der Waals surface area (Å²) in [6.07, 6.45) is 7.83. The molecule has 0 aliphatic heterocycles. The number of anilines is 1. The second-order valence-corrected chi connectivity index (χ2v) is 9.22. The van der Waals surface area contributed by atoms with Crippen molar-refractivity contribution in [1.82, 2.24) is 24.7 Å². The molecule has 32 heavy (non-hydrogen) atoms. The van der Waals surface area contributed by atoms with E-state index < -0.39 is 16.8 Å². The summed E-state index contributed by atoms with van der Waals surface area (Å²) in [4.78, 5) is 8.56. The quantitative estimate of drug-likeness (QED) is 0.455. The molecule has 0 saturated heterocycles. The number of nitrogens with one attached hydrogen (secondary N) is 1. The Morgan fingerprint density at radius 2 is 1.94 bits per heavy atom. The van der Waals surface area contributed by atoms with E-state index >= 15 is 0 Å². The summed E-state index contributed by atoms with van der Waals surface area (Å²) < 4.78 is 32.5. The number of rotatable bonds is 10. The SMILES string of the molecule is C=CCC(C)c1nnc(NS(=O)C(C)Cc2ncc(C)cn2)n1-c1c(F)cccc1C=C. The summed E-state index contributed by atoms with van der Waals surface area (Å²) in [5.41, 5.74) is 1.79. The molecular formula is C23H27FN6OS. The predicted octanol–water partition coefficient (Wildman–Crippen LogP) is 4.53. The number of aryl methyl sites for hydroxylation is 1. The van der Waals surface area contributed by atoms with E-state index in [1.165, 1.54) is 6.07 Å². The lowest BCUT2D eigenvalue weighted by atomic mass is 10.1. The zero-order chi connectivity index (χ0) is 23.3. The average molecular weight is 455 g/mol. The molecule has 0 saturated carbocycles. The fraction of sp³-hybridized carbons (Fsp3) is 0.304. The Balaban J connectivity index is 1.96. The van der Waals surface area contributed by atoms with E-state index in [0.717, 1.165) is 5.56 Å². The summed E-state index contributed by atoms with van der Waals surface area (Å²) in [6.45, 7) is 13.3. The molecule has 3 aromatic rings. The highest BCUT2D eigenvalue weighted by molar-refractivity contribution is 7.86. The van der Waals surface area contributed by atoms with Crippen LogP contribution in [0.1, 0.15) is 49.0 Å². The summed E-state index contributed by atoms with van der Waals surface area (Å²) in [5.74, 6) is 0.790. The van der Waals surface area contributed by atoms with Crippen LogP contribution in [0, 0.1) is 12.7 Å². The molecule has 168 valence electrons. The number of para-hydroxylation sites is 1. The third-order valence-electron chi connectivity index (χ3n) is 4.97. The molecule has 0 aliphatic rings. The molecule has 0 bridgehead atoms. The Bertz CT molecular complexity index is 1130. The number of hydrogen-bond acceptors (Lipinski definition) is 5. The number of allylic oxidation sites excluding steroid dienone is 1. The van der Waals surface area contributed by atoms with Crippen LogP contribution in [0.3, 0.4) is 0 Å². The van der Waals surface area contributed by atoms with Crippen LogP contribution in [0.2, 0.25) is 0 Å². The first-order valence-corrected chi connectivity index (χ1v) is 11.5. The molecule has 2 heterocycles. The predicted molar refractivity (Wildman–Crippen MR) is 126 cm³/mol. The van der Waals surface area contributed by atoms with Gasteiger partial charge in [-0.15, -0.1) is 16.8 Å². The first-order valence-electron chi connectivity index (χ1n) is 10.3. The second-order valence-electron chi connectivity index (χ2n) is 7.62. The van der Waals surface area contributed by atoms with Crippen molar-refractivity contribution >= 4 is 23.0 Å². The molecule has 0 amide bonds. The molecule has 1 aromatic carbocycles. The first kappa shape index (κ1) is 23.5. The van der Waals surface area contributed by atoms with Crippen molar-refractivity contribution in [3.05, 3.63) is 78.4 Å². The average Bonchev–Trinajstić information content (AvgIpc) is 3.18. The summed E-state index contributed by atoms with van der Waals surface area (Å²) in [5, 5.41) is 8.15. The van der Waals surface area contributed by atoms with E-state index in [4.69, 9.17) is 0 Å². The van der Waals surface area contributed by atoms with Crippen molar-refractivity contribution in [3.63, 3.8) is 0 Å².